The van der Waals surface area contributed by atoms with Gasteiger partial charge in [-0.2, -0.15) is 5.26 Å². The maximum atomic E-state index is 12.1. The summed E-state index contributed by atoms with van der Waals surface area (Å²) in [4.78, 5) is 24.9. The van der Waals surface area contributed by atoms with Gasteiger partial charge in [-0.15, -0.1) is 11.8 Å². The van der Waals surface area contributed by atoms with E-state index in [0.717, 1.165) is 10.5 Å². The molecule has 0 atom stereocenters. The number of carbonyl (C=O) groups excluding carboxylic acids is 2. The number of hydrogen-bond acceptors (Lipinski definition) is 6. The number of thioether (sulfide) groups is 1. The molecular weight excluding hydrogens is 352 g/mol. The third kappa shape index (κ3) is 5.26. The molecule has 26 heavy (non-hydrogen) atoms. The van der Waals surface area contributed by atoms with Gasteiger partial charge in [0.15, 0.2) is 6.61 Å². The van der Waals surface area contributed by atoms with E-state index >= 15 is 0 Å². The summed E-state index contributed by atoms with van der Waals surface area (Å²) in [6.45, 7) is 1.45. The minimum atomic E-state index is -0.606. The molecule has 7 heteroatoms. The standard InChI is InChI=1S/C19H18N2O4S/c1-13-7-8-14(11-16(13)24-2)19(23)25-12-18(22)21-15-5-3-4-6-17(15)26-10-9-20/h3-8,11H,10,12H2,1-2H3,(H,21,22). The van der Waals surface area contributed by atoms with E-state index < -0.39 is 18.5 Å². The lowest BCUT2D eigenvalue weighted by atomic mass is 10.1. The number of carbonyl (C=O) groups is 2. The number of amides is 1. The van der Waals surface area contributed by atoms with Crippen LogP contribution in [-0.4, -0.2) is 31.3 Å². The van der Waals surface area contributed by atoms with Crippen LogP contribution in [0.2, 0.25) is 0 Å². The van der Waals surface area contributed by atoms with Crippen LogP contribution in [0.5, 0.6) is 5.75 Å². The Morgan fingerprint density at radius 2 is 2.00 bits per heavy atom. The van der Waals surface area contributed by atoms with Crippen molar-refractivity contribution in [3.63, 3.8) is 0 Å². The molecule has 2 rings (SSSR count). The van der Waals surface area contributed by atoms with Crippen LogP contribution in [-0.2, 0) is 9.53 Å². The first-order valence-electron chi connectivity index (χ1n) is 7.75. The minimum Gasteiger partial charge on any atom is -0.496 e. The molecule has 0 saturated carbocycles. The Hall–Kier alpha value is -2.98. The van der Waals surface area contributed by atoms with Gasteiger partial charge < -0.3 is 14.8 Å². The summed E-state index contributed by atoms with van der Waals surface area (Å²) in [5.74, 6) is -0.211. The molecule has 0 aromatic heterocycles. The number of anilines is 1. The van der Waals surface area contributed by atoms with Crippen LogP contribution >= 0.6 is 11.8 Å². The van der Waals surface area contributed by atoms with E-state index in [-0.39, 0.29) is 5.75 Å². The fourth-order valence-electron chi connectivity index (χ4n) is 2.15. The first kappa shape index (κ1) is 19.3. The number of para-hydroxylation sites is 1. The predicted molar refractivity (Wildman–Crippen MR) is 99.4 cm³/mol. The average molecular weight is 370 g/mol. The van der Waals surface area contributed by atoms with Gasteiger partial charge in [0.1, 0.15) is 5.75 Å². The van der Waals surface area contributed by atoms with Crippen LogP contribution in [0, 0.1) is 18.3 Å². The van der Waals surface area contributed by atoms with Gasteiger partial charge in [-0.3, -0.25) is 4.79 Å². The number of aryl methyl sites for hydroxylation is 1. The van der Waals surface area contributed by atoms with Crippen molar-refractivity contribution in [1.82, 2.24) is 0 Å². The van der Waals surface area contributed by atoms with Gasteiger partial charge in [-0.1, -0.05) is 18.2 Å². The molecule has 2 aromatic rings. The summed E-state index contributed by atoms with van der Waals surface area (Å²) in [5.41, 5.74) is 1.78. The van der Waals surface area contributed by atoms with Crippen molar-refractivity contribution in [1.29, 1.82) is 5.26 Å². The van der Waals surface area contributed by atoms with Crippen molar-refractivity contribution in [3.05, 3.63) is 53.6 Å². The fourth-order valence-corrected chi connectivity index (χ4v) is 2.82. The first-order valence-corrected chi connectivity index (χ1v) is 8.74. The Balaban J connectivity index is 1.95. The first-order chi connectivity index (χ1) is 12.5. The minimum absolute atomic E-state index is 0.275. The van der Waals surface area contributed by atoms with E-state index in [9.17, 15) is 9.59 Å². The van der Waals surface area contributed by atoms with Crippen LogP contribution in [0.1, 0.15) is 15.9 Å². The van der Waals surface area contributed by atoms with Gasteiger partial charge in [-0.05, 0) is 36.8 Å². The van der Waals surface area contributed by atoms with Gasteiger partial charge in [0, 0.05) is 4.90 Å². The number of methoxy groups -OCH3 is 1. The second-order valence-corrected chi connectivity index (χ2v) is 6.27. The molecule has 0 heterocycles. The highest BCUT2D eigenvalue weighted by Gasteiger charge is 2.13. The van der Waals surface area contributed by atoms with Crippen molar-refractivity contribution in [3.8, 4) is 11.8 Å². The number of benzene rings is 2. The number of hydrogen-bond donors (Lipinski definition) is 1. The molecule has 0 aliphatic rings. The third-order valence-electron chi connectivity index (χ3n) is 3.43. The predicted octanol–water partition coefficient (Wildman–Crippen LogP) is 3.41. The molecule has 0 unspecified atom stereocenters. The highest BCUT2D eigenvalue weighted by Crippen LogP contribution is 2.26. The van der Waals surface area contributed by atoms with Gasteiger partial charge in [0.2, 0.25) is 0 Å². The van der Waals surface area contributed by atoms with Gasteiger partial charge in [-0.25, -0.2) is 4.79 Å². The lowest BCUT2D eigenvalue weighted by Gasteiger charge is -2.10. The molecule has 2 aromatic carbocycles. The smallest absolute Gasteiger partial charge is 0.338 e. The highest BCUT2D eigenvalue weighted by molar-refractivity contribution is 7.99. The summed E-state index contributed by atoms with van der Waals surface area (Å²) >= 11 is 1.32. The zero-order valence-electron chi connectivity index (χ0n) is 14.4. The number of ether oxygens (including phenoxy) is 2. The Bertz CT molecular complexity index is 846. The maximum absolute atomic E-state index is 12.1. The van der Waals surface area contributed by atoms with Crippen LogP contribution in [0.25, 0.3) is 0 Å². The Morgan fingerprint density at radius 1 is 1.23 bits per heavy atom. The van der Waals surface area contributed by atoms with E-state index in [1.54, 1.807) is 30.3 Å². The van der Waals surface area contributed by atoms with Gasteiger partial charge >= 0.3 is 5.97 Å². The number of nitrogens with one attached hydrogen (secondary N) is 1. The maximum Gasteiger partial charge on any atom is 0.338 e. The molecule has 0 fully saturated rings. The Morgan fingerprint density at radius 3 is 2.73 bits per heavy atom. The molecule has 1 N–H and O–H groups in total. The largest absolute Gasteiger partial charge is 0.496 e. The van der Waals surface area contributed by atoms with Crippen LogP contribution < -0.4 is 10.1 Å². The van der Waals surface area contributed by atoms with Crippen molar-refractivity contribution in [2.24, 2.45) is 0 Å². The van der Waals surface area contributed by atoms with E-state index in [2.05, 4.69) is 5.32 Å². The monoisotopic (exact) mass is 370 g/mol. The molecule has 0 radical (unpaired) electrons. The second-order valence-electron chi connectivity index (χ2n) is 5.25. The van der Waals surface area contributed by atoms with E-state index in [0.29, 0.717) is 17.0 Å². The van der Waals surface area contributed by atoms with Crippen molar-refractivity contribution in [2.75, 3.05) is 24.8 Å². The van der Waals surface area contributed by atoms with Crippen LogP contribution in [0.15, 0.2) is 47.4 Å². The highest BCUT2D eigenvalue weighted by atomic mass is 32.2. The summed E-state index contributed by atoms with van der Waals surface area (Å²) < 4.78 is 10.2. The van der Waals surface area contributed by atoms with E-state index in [4.69, 9.17) is 14.7 Å². The van der Waals surface area contributed by atoms with Crippen molar-refractivity contribution < 1.29 is 19.1 Å². The number of nitrogens with zero attached hydrogens (tertiary/aromatic N) is 1. The van der Waals surface area contributed by atoms with Gasteiger partial charge in [0.25, 0.3) is 5.91 Å². The number of esters is 1. The lowest BCUT2D eigenvalue weighted by Crippen LogP contribution is -2.21. The normalized spacial score (nSPS) is 9.88. The Labute approximate surface area is 156 Å². The second kappa shape index (κ2) is 9.49. The molecule has 0 aliphatic carbocycles. The topological polar surface area (TPSA) is 88.4 Å². The summed E-state index contributed by atoms with van der Waals surface area (Å²) in [6, 6.07) is 14.1. The lowest BCUT2D eigenvalue weighted by molar-refractivity contribution is -0.119. The average Bonchev–Trinajstić information content (AvgIpc) is 2.65. The molecule has 6 nitrogen and oxygen atoms in total. The molecule has 1 amide bonds. The summed E-state index contributed by atoms with van der Waals surface area (Å²) in [5, 5.41) is 11.4. The van der Waals surface area contributed by atoms with E-state index in [1.165, 1.54) is 18.9 Å². The zero-order chi connectivity index (χ0) is 18.9. The van der Waals surface area contributed by atoms with Crippen LogP contribution in [0.3, 0.4) is 0 Å². The summed E-state index contributed by atoms with van der Waals surface area (Å²) in [6.07, 6.45) is 0. The molecule has 0 spiro atoms. The fraction of sp³-hybridized carbons (Fsp3) is 0.211. The molecule has 0 bridgehead atoms. The quantitative estimate of drug-likeness (QED) is 0.593. The SMILES string of the molecule is COc1cc(C(=O)OCC(=O)Nc2ccccc2SCC#N)ccc1C. The molecule has 134 valence electrons. The third-order valence-corrected chi connectivity index (χ3v) is 4.37. The summed E-state index contributed by atoms with van der Waals surface area (Å²) in [7, 11) is 1.52. The Kier molecular flexibility index (Phi) is 7.06. The van der Waals surface area contributed by atoms with Crippen molar-refractivity contribution >= 4 is 29.3 Å². The van der Waals surface area contributed by atoms with Crippen LogP contribution in [0.4, 0.5) is 5.69 Å². The zero-order valence-corrected chi connectivity index (χ0v) is 15.3. The molecule has 0 aliphatic heterocycles. The molecular formula is C19H18N2O4S. The van der Waals surface area contributed by atoms with Crippen molar-refractivity contribution in [2.45, 2.75) is 11.8 Å². The van der Waals surface area contributed by atoms with Gasteiger partial charge in [0.05, 0.1) is 30.2 Å². The number of nitriles is 1. The number of rotatable bonds is 7. The van der Waals surface area contributed by atoms with E-state index in [1.807, 2.05) is 25.1 Å². The molecule has 0 saturated heterocycles.